The van der Waals surface area contributed by atoms with Crippen molar-refractivity contribution in [3.8, 4) is 0 Å². The van der Waals surface area contributed by atoms with E-state index in [2.05, 4.69) is 20.5 Å². The lowest BCUT2D eigenvalue weighted by Crippen LogP contribution is -1.99. The highest BCUT2D eigenvalue weighted by Crippen LogP contribution is 2.37. The standard InChI is InChI=1S/C27H20N4O6S2/c1-17-12-13-25(22-10-5-11-26(27(17)22)39(35,36)37)31-30-24-15-14-23(20-8-2-3-9-21(20)24)29-28-18-6-4-7-19(16-18)38(32,33)34/h2-16H,1H3,(H,32,33,34)(H,35,36,37)/b29-28+,31-30+. The molecule has 5 aromatic carbocycles. The predicted octanol–water partition coefficient (Wildman–Crippen LogP) is 7.63. The lowest BCUT2D eigenvalue weighted by atomic mass is 10.0. The number of benzene rings is 5. The third-order valence-corrected chi connectivity index (χ3v) is 7.74. The van der Waals surface area contributed by atoms with Gasteiger partial charge in [0.15, 0.2) is 0 Å². The third-order valence-electron chi connectivity index (χ3n) is 6.00. The van der Waals surface area contributed by atoms with Crippen molar-refractivity contribution >= 4 is 64.5 Å². The number of azo groups is 2. The van der Waals surface area contributed by atoms with Crippen LogP contribution in [0.3, 0.4) is 0 Å². The average Bonchev–Trinajstić information content (AvgIpc) is 2.91. The number of rotatable bonds is 6. The largest absolute Gasteiger partial charge is 0.295 e. The molecule has 2 N–H and O–H groups in total. The quantitative estimate of drug-likeness (QED) is 0.160. The Bertz CT molecular complexity index is 2040. The Morgan fingerprint density at radius 3 is 1.72 bits per heavy atom. The zero-order valence-electron chi connectivity index (χ0n) is 20.3. The summed E-state index contributed by atoms with van der Waals surface area (Å²) in [6.07, 6.45) is 0. The van der Waals surface area contributed by atoms with Gasteiger partial charge in [0.2, 0.25) is 0 Å². The molecule has 10 nitrogen and oxygen atoms in total. The van der Waals surface area contributed by atoms with E-state index in [1.165, 1.54) is 30.3 Å². The molecular weight excluding hydrogens is 540 g/mol. The summed E-state index contributed by atoms with van der Waals surface area (Å²) in [7, 11) is -8.81. The molecule has 0 aromatic heterocycles. The molecule has 0 unspecified atom stereocenters. The molecule has 0 amide bonds. The maximum atomic E-state index is 11.9. The number of nitrogens with zero attached hydrogens (tertiary/aromatic N) is 4. The second-order valence-electron chi connectivity index (χ2n) is 8.58. The second kappa shape index (κ2) is 10.1. The Balaban J connectivity index is 1.55. The molecule has 0 aliphatic rings. The SMILES string of the molecule is Cc1ccc(/N=N/c2ccc(/N=N/c3cccc(S(=O)(=O)O)c3)c3ccccc23)c2cccc(S(=O)(=O)O)c12. The molecule has 39 heavy (non-hydrogen) atoms. The summed E-state index contributed by atoms with van der Waals surface area (Å²) in [6, 6.07) is 24.2. The highest BCUT2D eigenvalue weighted by atomic mass is 32.2. The minimum Gasteiger partial charge on any atom is -0.282 e. The predicted molar refractivity (Wildman–Crippen MR) is 147 cm³/mol. The van der Waals surface area contributed by atoms with Crippen molar-refractivity contribution in [2.45, 2.75) is 16.7 Å². The monoisotopic (exact) mass is 560 g/mol. The van der Waals surface area contributed by atoms with E-state index in [1.54, 1.807) is 43.3 Å². The molecule has 0 aliphatic heterocycles. The maximum Gasteiger partial charge on any atom is 0.295 e. The van der Waals surface area contributed by atoms with Crippen LogP contribution in [0.25, 0.3) is 21.5 Å². The fraction of sp³-hybridized carbons (Fsp3) is 0.0370. The van der Waals surface area contributed by atoms with Crippen LogP contribution in [-0.2, 0) is 20.2 Å². The summed E-state index contributed by atoms with van der Waals surface area (Å²) in [5, 5.41) is 19.5. The molecule has 0 aliphatic carbocycles. The highest BCUT2D eigenvalue weighted by molar-refractivity contribution is 7.86. The average molecular weight is 561 g/mol. The van der Waals surface area contributed by atoms with Crippen LogP contribution in [0.1, 0.15) is 5.56 Å². The van der Waals surface area contributed by atoms with Gasteiger partial charge >= 0.3 is 0 Å². The van der Waals surface area contributed by atoms with Gasteiger partial charge in [0.25, 0.3) is 20.2 Å². The van der Waals surface area contributed by atoms with E-state index in [4.69, 9.17) is 0 Å². The van der Waals surface area contributed by atoms with Gasteiger partial charge < -0.3 is 0 Å². The van der Waals surface area contributed by atoms with Crippen LogP contribution in [0.5, 0.6) is 0 Å². The number of fused-ring (bicyclic) bond motifs is 2. The highest BCUT2D eigenvalue weighted by Gasteiger charge is 2.17. The minimum atomic E-state index is -4.44. The van der Waals surface area contributed by atoms with Crippen molar-refractivity contribution in [2.24, 2.45) is 20.5 Å². The van der Waals surface area contributed by atoms with Crippen LogP contribution in [0.4, 0.5) is 22.7 Å². The summed E-state index contributed by atoms with van der Waals surface area (Å²) in [4.78, 5) is -0.483. The number of hydrogen-bond donors (Lipinski definition) is 2. The Kier molecular flexibility index (Phi) is 6.78. The van der Waals surface area contributed by atoms with Crippen molar-refractivity contribution in [1.29, 1.82) is 0 Å². The van der Waals surface area contributed by atoms with E-state index in [0.29, 0.717) is 38.8 Å². The minimum absolute atomic E-state index is 0.197. The van der Waals surface area contributed by atoms with Gasteiger partial charge in [0.1, 0.15) is 4.90 Å². The first-order chi connectivity index (χ1) is 18.5. The first-order valence-corrected chi connectivity index (χ1v) is 14.3. The summed E-state index contributed by atoms with van der Waals surface area (Å²) < 4.78 is 65.6. The molecular formula is C27H20N4O6S2. The summed E-state index contributed by atoms with van der Waals surface area (Å²) >= 11 is 0. The maximum absolute atomic E-state index is 11.9. The fourth-order valence-corrected chi connectivity index (χ4v) is 5.50. The zero-order valence-corrected chi connectivity index (χ0v) is 21.9. The topological polar surface area (TPSA) is 158 Å². The van der Waals surface area contributed by atoms with Gasteiger partial charge in [-0.15, -0.1) is 15.3 Å². The molecule has 0 saturated carbocycles. The van der Waals surface area contributed by atoms with Crippen LogP contribution in [0.2, 0.25) is 0 Å². The Morgan fingerprint density at radius 1 is 0.564 bits per heavy atom. The van der Waals surface area contributed by atoms with Crippen molar-refractivity contribution in [2.75, 3.05) is 0 Å². The van der Waals surface area contributed by atoms with Gasteiger partial charge in [-0.25, -0.2) is 0 Å². The molecule has 0 bridgehead atoms. The second-order valence-corrected chi connectivity index (χ2v) is 11.4. The summed E-state index contributed by atoms with van der Waals surface area (Å²) in [5.74, 6) is 0. The van der Waals surface area contributed by atoms with E-state index < -0.39 is 20.2 Å². The molecule has 0 atom stereocenters. The van der Waals surface area contributed by atoms with Gasteiger partial charge in [-0.05, 0) is 55.0 Å². The number of aryl methyl sites for hydroxylation is 1. The van der Waals surface area contributed by atoms with E-state index in [9.17, 15) is 25.9 Å². The smallest absolute Gasteiger partial charge is 0.282 e. The van der Waals surface area contributed by atoms with Crippen LogP contribution < -0.4 is 0 Å². The van der Waals surface area contributed by atoms with Crippen molar-refractivity contribution in [3.05, 3.63) is 96.6 Å². The van der Waals surface area contributed by atoms with Gasteiger partial charge in [-0.3, -0.25) is 9.11 Å². The van der Waals surface area contributed by atoms with Gasteiger partial charge in [-0.2, -0.15) is 21.9 Å². The Hall–Kier alpha value is -4.36. The number of hydrogen-bond acceptors (Lipinski definition) is 8. The first-order valence-electron chi connectivity index (χ1n) is 11.4. The molecule has 0 radical (unpaired) electrons. The van der Waals surface area contributed by atoms with Crippen molar-refractivity contribution in [3.63, 3.8) is 0 Å². The van der Waals surface area contributed by atoms with E-state index in [0.717, 1.165) is 5.39 Å². The summed E-state index contributed by atoms with van der Waals surface area (Å²) in [5.41, 5.74) is 2.36. The van der Waals surface area contributed by atoms with E-state index in [1.807, 2.05) is 24.3 Å². The van der Waals surface area contributed by atoms with Crippen molar-refractivity contribution in [1.82, 2.24) is 0 Å². The van der Waals surface area contributed by atoms with Gasteiger partial charge in [0, 0.05) is 21.5 Å². The molecule has 0 saturated heterocycles. The third kappa shape index (κ3) is 5.45. The van der Waals surface area contributed by atoms with Crippen molar-refractivity contribution < 1.29 is 25.9 Å². The van der Waals surface area contributed by atoms with Crippen LogP contribution in [0.15, 0.2) is 121 Å². The first kappa shape index (κ1) is 26.3. The normalized spacial score (nSPS) is 12.7. The molecule has 0 heterocycles. The fourth-order valence-electron chi connectivity index (χ4n) is 4.20. The molecule has 5 rings (SSSR count). The molecule has 196 valence electrons. The van der Waals surface area contributed by atoms with Crippen LogP contribution in [0, 0.1) is 6.92 Å². The van der Waals surface area contributed by atoms with Gasteiger partial charge in [0.05, 0.1) is 27.6 Å². The molecule has 5 aromatic rings. The van der Waals surface area contributed by atoms with Crippen LogP contribution in [-0.4, -0.2) is 25.9 Å². The van der Waals surface area contributed by atoms with E-state index >= 15 is 0 Å². The van der Waals surface area contributed by atoms with E-state index in [-0.39, 0.29) is 15.5 Å². The lowest BCUT2D eigenvalue weighted by Gasteiger charge is -2.09. The Labute approximate surface area is 223 Å². The molecule has 0 fully saturated rings. The molecule has 0 spiro atoms. The van der Waals surface area contributed by atoms with Crippen LogP contribution >= 0.6 is 0 Å². The Morgan fingerprint density at radius 2 is 1.10 bits per heavy atom. The zero-order chi connectivity index (χ0) is 27.8. The lowest BCUT2D eigenvalue weighted by molar-refractivity contribution is 0.481. The van der Waals surface area contributed by atoms with Gasteiger partial charge in [-0.1, -0.05) is 48.5 Å². The molecule has 12 heteroatoms. The summed E-state index contributed by atoms with van der Waals surface area (Å²) in [6.45, 7) is 1.75.